The number of nitrogens with zero attached hydrogens (tertiary/aromatic N) is 5. The average molecular weight is 687 g/mol. The van der Waals surface area contributed by atoms with Crippen molar-refractivity contribution in [1.82, 2.24) is 19.8 Å². The van der Waals surface area contributed by atoms with Gasteiger partial charge in [-0.05, 0) is 104 Å². The number of carbonyl (C=O) groups is 2. The molecule has 50 heavy (non-hydrogen) atoms. The van der Waals surface area contributed by atoms with Crippen molar-refractivity contribution < 1.29 is 23.8 Å². The van der Waals surface area contributed by atoms with Crippen LogP contribution in [0.15, 0.2) is 54.7 Å². The third kappa shape index (κ3) is 9.94. The van der Waals surface area contributed by atoms with Crippen LogP contribution >= 0.6 is 0 Å². The molecule has 0 aliphatic carbocycles. The second kappa shape index (κ2) is 16.2. The van der Waals surface area contributed by atoms with Crippen molar-refractivity contribution in [2.24, 2.45) is 5.92 Å². The Morgan fingerprint density at radius 2 is 1.72 bits per heavy atom. The molecule has 2 aromatic carbocycles. The van der Waals surface area contributed by atoms with Gasteiger partial charge in [-0.3, -0.25) is 14.6 Å². The number of hydrogen-bond acceptors (Lipinski definition) is 10. The van der Waals surface area contributed by atoms with Crippen molar-refractivity contribution in [3.8, 4) is 11.3 Å². The first-order valence-corrected chi connectivity index (χ1v) is 17.9. The largest absolute Gasteiger partial charge is 0.460 e. The van der Waals surface area contributed by atoms with Gasteiger partial charge < -0.3 is 24.4 Å². The maximum absolute atomic E-state index is 12.6. The molecule has 270 valence electrons. The number of benzene rings is 2. The van der Waals surface area contributed by atoms with Crippen LogP contribution in [0.2, 0.25) is 0 Å². The summed E-state index contributed by atoms with van der Waals surface area (Å²) in [5, 5.41) is 3.43. The number of amides is 1. The summed E-state index contributed by atoms with van der Waals surface area (Å²) in [4.78, 5) is 39.2. The van der Waals surface area contributed by atoms with E-state index in [2.05, 4.69) is 69.5 Å². The van der Waals surface area contributed by atoms with Gasteiger partial charge in [-0.1, -0.05) is 36.8 Å². The van der Waals surface area contributed by atoms with Gasteiger partial charge in [0.1, 0.15) is 5.60 Å². The number of morpholine rings is 1. The van der Waals surface area contributed by atoms with Crippen molar-refractivity contribution >= 4 is 29.4 Å². The molecular formula is C39H54N6O5. The van der Waals surface area contributed by atoms with E-state index in [9.17, 15) is 9.59 Å². The van der Waals surface area contributed by atoms with E-state index in [1.54, 1.807) is 11.1 Å². The number of ether oxygens (including phenoxy) is 3. The summed E-state index contributed by atoms with van der Waals surface area (Å²) in [5.74, 6) is 0.474. The number of esters is 1. The van der Waals surface area contributed by atoms with Crippen molar-refractivity contribution in [1.29, 1.82) is 0 Å². The molecule has 0 bridgehead atoms. The van der Waals surface area contributed by atoms with Crippen molar-refractivity contribution in [3.05, 3.63) is 65.9 Å². The molecular weight excluding hydrogens is 632 g/mol. The zero-order valence-corrected chi connectivity index (χ0v) is 30.8. The molecule has 0 unspecified atom stereocenters. The van der Waals surface area contributed by atoms with E-state index in [1.807, 2.05) is 47.6 Å². The molecule has 0 saturated carbocycles. The Kier molecular flexibility index (Phi) is 12.0. The molecule has 3 aliphatic heterocycles. The number of cyclic esters (lactones) is 1. The molecule has 6 rings (SSSR count). The standard InChI is InChI=1S/C32H41N5O3.C7H13NO2/c1-23-5-7-24(8-6-23)28-11-14-33-31(35-28)34-27-9-10-29(37-17-19-39-20-18-37)26(21-27)22-36-15-12-25(13-16-36)30(38)40-32(2,3)4;1-4-5-8-6(9)10-7(8,2)3/h5-11,14,21,25H,12-13,15-20,22H2,1-4H3,(H,33,34,35);4-5H2,1-3H3. The van der Waals surface area contributed by atoms with Gasteiger partial charge >= 0.3 is 12.1 Å². The number of likely N-dealkylation sites (tertiary alicyclic amines) is 1. The van der Waals surface area contributed by atoms with E-state index in [0.29, 0.717) is 5.95 Å². The van der Waals surface area contributed by atoms with Crippen molar-refractivity contribution in [2.75, 3.05) is 56.2 Å². The number of rotatable bonds is 9. The van der Waals surface area contributed by atoms with Crippen molar-refractivity contribution in [2.45, 2.75) is 85.6 Å². The van der Waals surface area contributed by atoms with Crippen LogP contribution in [-0.2, 0) is 25.5 Å². The van der Waals surface area contributed by atoms with Crippen LogP contribution in [0.4, 0.5) is 22.1 Å². The van der Waals surface area contributed by atoms with Gasteiger partial charge in [0.2, 0.25) is 5.95 Å². The lowest BCUT2D eigenvalue weighted by Gasteiger charge is -2.46. The molecule has 3 fully saturated rings. The number of carbonyl (C=O) groups excluding carboxylic acids is 2. The van der Waals surface area contributed by atoms with E-state index in [1.165, 1.54) is 16.8 Å². The van der Waals surface area contributed by atoms with Gasteiger partial charge in [-0.2, -0.15) is 0 Å². The van der Waals surface area contributed by atoms with Crippen LogP contribution in [0.5, 0.6) is 0 Å². The smallest absolute Gasteiger partial charge is 0.414 e. The number of aromatic nitrogens is 2. The monoisotopic (exact) mass is 686 g/mol. The number of anilines is 3. The topological polar surface area (TPSA) is 109 Å². The number of nitrogens with one attached hydrogen (secondary N) is 1. The van der Waals surface area contributed by atoms with Crippen LogP contribution in [0.1, 0.15) is 71.9 Å². The highest BCUT2D eigenvalue weighted by Gasteiger charge is 2.45. The highest BCUT2D eigenvalue weighted by molar-refractivity contribution is 5.74. The normalized spacial score (nSPS) is 18.0. The summed E-state index contributed by atoms with van der Waals surface area (Å²) in [7, 11) is 0. The molecule has 0 spiro atoms. The lowest BCUT2D eigenvalue weighted by atomic mass is 9.96. The van der Waals surface area contributed by atoms with Crippen LogP contribution < -0.4 is 10.2 Å². The van der Waals surface area contributed by atoms with E-state index >= 15 is 0 Å². The van der Waals surface area contributed by atoms with E-state index < -0.39 is 5.60 Å². The first kappa shape index (κ1) is 37.0. The minimum absolute atomic E-state index is 0.0276. The maximum Gasteiger partial charge on any atom is 0.414 e. The third-order valence-corrected chi connectivity index (χ3v) is 9.07. The number of piperidine rings is 1. The molecule has 3 saturated heterocycles. The van der Waals surface area contributed by atoms with Crippen LogP contribution in [0.25, 0.3) is 11.3 Å². The SMILES string of the molecule is CCCN1C(=O)OC1(C)C.Cc1ccc(-c2ccnc(Nc3ccc(N4CCOCC4)c(CN4CCC(C(=O)OC(C)(C)C)CC4)c3)n2)cc1. The highest BCUT2D eigenvalue weighted by Crippen LogP contribution is 2.31. The minimum Gasteiger partial charge on any atom is -0.460 e. The molecule has 1 aromatic heterocycles. The fraction of sp³-hybridized carbons (Fsp3) is 0.538. The molecule has 1 amide bonds. The molecule has 3 aliphatic rings. The highest BCUT2D eigenvalue weighted by atomic mass is 16.6. The van der Waals surface area contributed by atoms with Gasteiger partial charge in [0, 0.05) is 49.3 Å². The molecule has 11 heteroatoms. The fourth-order valence-electron chi connectivity index (χ4n) is 6.38. The Hall–Kier alpha value is -4.22. The van der Waals surface area contributed by atoms with E-state index in [-0.39, 0.29) is 23.7 Å². The van der Waals surface area contributed by atoms with Gasteiger partial charge in [-0.25, -0.2) is 14.8 Å². The summed E-state index contributed by atoms with van der Waals surface area (Å²) in [6, 6.07) is 16.8. The number of hydrogen-bond donors (Lipinski definition) is 1. The average Bonchev–Trinajstić information content (AvgIpc) is 3.08. The Morgan fingerprint density at radius 3 is 2.32 bits per heavy atom. The van der Waals surface area contributed by atoms with Crippen LogP contribution in [0, 0.1) is 12.8 Å². The zero-order chi connectivity index (χ0) is 35.9. The molecule has 1 N–H and O–H groups in total. The summed E-state index contributed by atoms with van der Waals surface area (Å²) in [5.41, 5.74) is 5.81. The summed E-state index contributed by atoms with van der Waals surface area (Å²) >= 11 is 0. The molecule has 3 aromatic rings. The van der Waals surface area contributed by atoms with Gasteiger partial charge in [0.25, 0.3) is 0 Å². The molecule has 4 heterocycles. The Bertz CT molecular complexity index is 1590. The van der Waals surface area contributed by atoms with Gasteiger partial charge in [-0.15, -0.1) is 0 Å². The summed E-state index contributed by atoms with van der Waals surface area (Å²) in [6.07, 6.45) is 4.23. The summed E-state index contributed by atoms with van der Waals surface area (Å²) in [6.45, 7) is 20.3. The quantitative estimate of drug-likeness (QED) is 0.233. The molecule has 0 atom stereocenters. The molecule has 0 radical (unpaired) electrons. The van der Waals surface area contributed by atoms with Crippen LogP contribution in [0.3, 0.4) is 0 Å². The number of aryl methyl sites for hydroxylation is 1. The van der Waals surface area contributed by atoms with Crippen LogP contribution in [-0.4, -0.2) is 89.1 Å². The second-order valence-electron chi connectivity index (χ2n) is 14.7. The zero-order valence-electron chi connectivity index (χ0n) is 30.8. The summed E-state index contributed by atoms with van der Waals surface area (Å²) < 4.78 is 16.1. The first-order chi connectivity index (χ1) is 23.8. The lowest BCUT2D eigenvalue weighted by molar-refractivity contribution is -0.162. The Balaban J connectivity index is 0.000000418. The predicted octanol–water partition coefficient (Wildman–Crippen LogP) is 7.17. The van der Waals surface area contributed by atoms with E-state index in [0.717, 1.165) is 88.7 Å². The van der Waals surface area contributed by atoms with Crippen molar-refractivity contribution in [3.63, 3.8) is 0 Å². The van der Waals surface area contributed by atoms with Gasteiger partial charge in [0.05, 0.1) is 24.8 Å². The lowest BCUT2D eigenvalue weighted by Crippen LogP contribution is -2.61. The predicted molar refractivity (Wildman–Crippen MR) is 196 cm³/mol. The Morgan fingerprint density at radius 1 is 1.02 bits per heavy atom. The van der Waals surface area contributed by atoms with E-state index in [4.69, 9.17) is 19.2 Å². The maximum atomic E-state index is 12.6. The third-order valence-electron chi connectivity index (χ3n) is 9.07. The minimum atomic E-state index is -0.446. The Labute approximate surface area is 297 Å². The second-order valence-corrected chi connectivity index (χ2v) is 14.7. The first-order valence-electron chi connectivity index (χ1n) is 17.9. The fourth-order valence-corrected chi connectivity index (χ4v) is 6.38. The molecule has 11 nitrogen and oxygen atoms in total. The van der Waals surface area contributed by atoms with Gasteiger partial charge in [0.15, 0.2) is 5.72 Å².